The molecule has 1 aromatic heterocycles. The SMILES string of the molecule is CCNC(=O)c1c(CC2=c3ccccc3=CCC2C)c(-c2cccc(C(F)(F)F)c2)c2n(c1=O)C(C(=O)O)CN(C)S2(=O)=O. The molecule has 3 aromatic rings. The molecule has 5 rings (SSSR count). The summed E-state index contributed by atoms with van der Waals surface area (Å²) in [5.41, 5.74) is -2.63. The summed E-state index contributed by atoms with van der Waals surface area (Å²) in [4.78, 5) is 40.2. The number of aromatic nitrogens is 1. The number of carboxylic acid groups (broad SMARTS) is 1. The molecule has 1 amide bonds. The number of nitrogens with one attached hydrogen (secondary N) is 1. The first kappa shape index (κ1) is 31.2. The van der Waals surface area contributed by atoms with E-state index in [9.17, 15) is 41.1 Å². The maximum Gasteiger partial charge on any atom is 0.416 e. The second-order valence-corrected chi connectivity index (χ2v) is 12.9. The number of nitrogens with zero attached hydrogens (tertiary/aromatic N) is 2. The van der Waals surface area contributed by atoms with Crippen molar-refractivity contribution >= 4 is 33.5 Å². The number of halogens is 3. The molecule has 2 heterocycles. The Labute approximate surface area is 251 Å². The Morgan fingerprint density at radius 3 is 2.48 bits per heavy atom. The van der Waals surface area contributed by atoms with E-state index in [0.29, 0.717) is 11.0 Å². The molecular formula is C31H30F3N3O6S. The first-order valence-corrected chi connectivity index (χ1v) is 15.4. The minimum atomic E-state index is -4.80. The smallest absolute Gasteiger partial charge is 0.416 e. The van der Waals surface area contributed by atoms with Crippen LogP contribution in [0.15, 0.2) is 58.4 Å². The highest BCUT2D eigenvalue weighted by Crippen LogP contribution is 2.41. The van der Waals surface area contributed by atoms with Gasteiger partial charge in [0, 0.05) is 25.7 Å². The van der Waals surface area contributed by atoms with Crippen molar-refractivity contribution in [3.8, 4) is 11.1 Å². The van der Waals surface area contributed by atoms with Gasteiger partial charge in [-0.2, -0.15) is 17.5 Å². The van der Waals surface area contributed by atoms with Gasteiger partial charge in [0.05, 0.1) is 5.56 Å². The fourth-order valence-corrected chi connectivity index (χ4v) is 7.55. The van der Waals surface area contributed by atoms with Crippen LogP contribution in [0.2, 0.25) is 0 Å². The number of sulfonamides is 1. The molecule has 0 spiro atoms. The lowest BCUT2D eigenvalue weighted by atomic mass is 9.83. The van der Waals surface area contributed by atoms with Gasteiger partial charge >= 0.3 is 12.1 Å². The van der Waals surface area contributed by atoms with E-state index in [1.165, 1.54) is 6.07 Å². The van der Waals surface area contributed by atoms with Gasteiger partial charge in [-0.3, -0.25) is 14.2 Å². The molecule has 2 aromatic carbocycles. The number of carbonyl (C=O) groups is 2. The Bertz CT molecular complexity index is 1990. The number of carboxylic acids is 1. The number of hydrogen-bond donors (Lipinski definition) is 2. The minimum absolute atomic E-state index is 0.0759. The van der Waals surface area contributed by atoms with Crippen molar-refractivity contribution in [3.05, 3.63) is 86.0 Å². The first-order valence-electron chi connectivity index (χ1n) is 13.9. The number of fused-ring (bicyclic) bond motifs is 2. The molecule has 2 aliphatic rings. The number of hydrogen-bond acceptors (Lipinski definition) is 5. The zero-order valence-corrected chi connectivity index (χ0v) is 24.9. The van der Waals surface area contributed by atoms with E-state index >= 15 is 0 Å². The number of likely N-dealkylation sites (N-methyl/N-ethyl adjacent to an activating group) is 1. The lowest BCUT2D eigenvalue weighted by molar-refractivity contribution is -0.141. The Kier molecular flexibility index (Phi) is 8.06. The third-order valence-corrected chi connectivity index (χ3v) is 10.0. The van der Waals surface area contributed by atoms with Crippen LogP contribution in [0.5, 0.6) is 0 Å². The van der Waals surface area contributed by atoms with Crippen LogP contribution in [0.3, 0.4) is 0 Å². The molecule has 232 valence electrons. The van der Waals surface area contributed by atoms with Gasteiger partial charge in [-0.05, 0) is 59.4 Å². The summed E-state index contributed by atoms with van der Waals surface area (Å²) in [5, 5.41) is 13.5. The molecule has 9 nitrogen and oxygen atoms in total. The molecule has 0 saturated carbocycles. The zero-order valence-electron chi connectivity index (χ0n) is 24.1. The van der Waals surface area contributed by atoms with Gasteiger partial charge in [-0.25, -0.2) is 13.2 Å². The van der Waals surface area contributed by atoms with Crippen LogP contribution in [-0.4, -0.2) is 54.4 Å². The van der Waals surface area contributed by atoms with Gasteiger partial charge in [0.2, 0.25) is 0 Å². The molecule has 0 radical (unpaired) electrons. The van der Waals surface area contributed by atoms with Crippen LogP contribution in [0, 0.1) is 5.92 Å². The fraction of sp³-hybridized carbons (Fsp3) is 0.323. The van der Waals surface area contributed by atoms with Gasteiger partial charge in [0.25, 0.3) is 21.5 Å². The van der Waals surface area contributed by atoms with Gasteiger partial charge in [0.1, 0.15) is 11.6 Å². The number of aliphatic carboxylic acids is 1. The number of amides is 1. The molecule has 0 bridgehead atoms. The average Bonchev–Trinajstić information content (AvgIpc) is 2.96. The molecule has 1 aliphatic heterocycles. The van der Waals surface area contributed by atoms with E-state index in [1.54, 1.807) is 6.92 Å². The lowest BCUT2D eigenvalue weighted by Gasteiger charge is -2.34. The highest BCUT2D eigenvalue weighted by molar-refractivity contribution is 7.89. The summed E-state index contributed by atoms with van der Waals surface area (Å²) >= 11 is 0. The molecule has 13 heteroatoms. The van der Waals surface area contributed by atoms with Crippen LogP contribution < -0.4 is 21.3 Å². The number of rotatable bonds is 6. The summed E-state index contributed by atoms with van der Waals surface area (Å²) in [6.45, 7) is 2.98. The Balaban J connectivity index is 2.03. The third kappa shape index (κ3) is 5.23. The maximum atomic E-state index is 14.2. The van der Waals surface area contributed by atoms with Crippen molar-refractivity contribution in [1.82, 2.24) is 14.2 Å². The topological polar surface area (TPSA) is 126 Å². The van der Waals surface area contributed by atoms with Crippen molar-refractivity contribution in [2.24, 2.45) is 5.92 Å². The van der Waals surface area contributed by atoms with E-state index in [4.69, 9.17) is 0 Å². The molecule has 2 N–H and O–H groups in total. The monoisotopic (exact) mass is 629 g/mol. The Hall–Kier alpha value is -4.23. The average molecular weight is 630 g/mol. The van der Waals surface area contributed by atoms with Crippen LogP contribution in [0.25, 0.3) is 22.8 Å². The van der Waals surface area contributed by atoms with Crippen molar-refractivity contribution in [3.63, 3.8) is 0 Å². The summed E-state index contributed by atoms with van der Waals surface area (Å²) in [5.74, 6) is -2.56. The predicted molar refractivity (Wildman–Crippen MR) is 157 cm³/mol. The zero-order chi connectivity index (χ0) is 32.1. The van der Waals surface area contributed by atoms with Gasteiger partial charge in [-0.15, -0.1) is 0 Å². The molecule has 2 atom stereocenters. The van der Waals surface area contributed by atoms with Crippen molar-refractivity contribution < 1.29 is 36.3 Å². The summed E-state index contributed by atoms with van der Waals surface area (Å²) in [6.07, 6.45) is -2.33. The molecule has 1 aliphatic carbocycles. The van der Waals surface area contributed by atoms with Crippen molar-refractivity contribution in [2.45, 2.75) is 43.9 Å². The second kappa shape index (κ2) is 11.4. The largest absolute Gasteiger partial charge is 0.480 e. The van der Waals surface area contributed by atoms with E-state index in [-0.39, 0.29) is 35.6 Å². The maximum absolute atomic E-state index is 14.2. The second-order valence-electron chi connectivity index (χ2n) is 10.9. The molecule has 0 fully saturated rings. The fourth-order valence-electron chi connectivity index (χ4n) is 5.96. The van der Waals surface area contributed by atoms with E-state index < -0.39 is 62.4 Å². The molecule has 2 unspecified atom stereocenters. The highest BCUT2D eigenvalue weighted by atomic mass is 32.2. The Morgan fingerprint density at radius 2 is 1.82 bits per heavy atom. The van der Waals surface area contributed by atoms with Crippen molar-refractivity contribution in [2.75, 3.05) is 20.1 Å². The lowest BCUT2D eigenvalue weighted by Crippen LogP contribution is -2.50. The van der Waals surface area contributed by atoms with Gasteiger partial charge in [0.15, 0.2) is 5.03 Å². The molecule has 0 saturated heterocycles. The van der Waals surface area contributed by atoms with Gasteiger partial charge < -0.3 is 10.4 Å². The molecular weight excluding hydrogens is 599 g/mol. The quantitative estimate of drug-likeness (QED) is 0.432. The summed E-state index contributed by atoms with van der Waals surface area (Å²) < 4.78 is 71.0. The minimum Gasteiger partial charge on any atom is -0.480 e. The van der Waals surface area contributed by atoms with Crippen molar-refractivity contribution in [1.29, 1.82) is 0 Å². The summed E-state index contributed by atoms with van der Waals surface area (Å²) in [7, 11) is -3.49. The van der Waals surface area contributed by atoms with E-state index in [1.807, 2.05) is 37.3 Å². The molecule has 44 heavy (non-hydrogen) atoms. The predicted octanol–water partition coefficient (Wildman–Crippen LogP) is 2.76. The number of pyridine rings is 1. The third-order valence-electron chi connectivity index (χ3n) is 8.15. The Morgan fingerprint density at radius 1 is 1.11 bits per heavy atom. The van der Waals surface area contributed by atoms with Crippen LogP contribution in [-0.2, 0) is 27.4 Å². The van der Waals surface area contributed by atoms with E-state index in [0.717, 1.165) is 45.6 Å². The van der Waals surface area contributed by atoms with Crippen LogP contribution in [0.4, 0.5) is 13.2 Å². The van der Waals surface area contributed by atoms with Crippen LogP contribution >= 0.6 is 0 Å². The number of alkyl halides is 3. The first-order chi connectivity index (χ1) is 20.7. The number of carbonyl (C=O) groups excluding carboxylic acids is 1. The summed E-state index contributed by atoms with van der Waals surface area (Å²) in [6, 6.07) is 9.58. The standard InChI is InChI=1S/C31H30F3N3O6S/c1-4-35-27(38)26-23(15-22-17(2)12-13-18-8-5-6-11-21(18)22)25(19-9-7-10-20(14-19)31(32,33)34)29-37(28(26)39)24(30(40)41)16-36(3)44(29,42)43/h5-11,13-14,17,24H,4,12,15-16H2,1-3H3,(H,35,38)(H,40,41). The number of benzene rings is 2. The normalized spacial score (nSPS) is 19.5. The van der Waals surface area contributed by atoms with Crippen LogP contribution in [0.1, 0.15) is 47.8 Å². The van der Waals surface area contributed by atoms with Gasteiger partial charge in [-0.1, -0.05) is 55.0 Å². The highest BCUT2D eigenvalue weighted by Gasteiger charge is 2.44. The van der Waals surface area contributed by atoms with E-state index in [2.05, 4.69) is 5.32 Å².